The number of carbonyl (C=O) groups is 2. The van der Waals surface area contributed by atoms with Crippen LogP contribution in [0, 0.1) is 0 Å². The Balaban J connectivity index is 4.02. The maximum Gasteiger partial charge on any atom is 0.303 e. The van der Waals surface area contributed by atoms with Gasteiger partial charge in [-0.3, -0.25) is 9.59 Å². The largest absolute Gasteiger partial charge is 0.511 e. The van der Waals surface area contributed by atoms with Gasteiger partial charge in [0.2, 0.25) is 5.91 Å². The second-order valence-electron chi connectivity index (χ2n) is 2.68. The zero-order valence-electron chi connectivity index (χ0n) is 7.41. The van der Waals surface area contributed by atoms with Crippen LogP contribution in [0.4, 0.5) is 0 Å². The zero-order chi connectivity index (χ0) is 10.4. The third kappa shape index (κ3) is 5.72. The Morgan fingerprint density at radius 3 is 2.31 bits per heavy atom. The van der Waals surface area contributed by atoms with Crippen LogP contribution in [0.1, 0.15) is 19.8 Å². The minimum atomic E-state index is -0.975. The highest BCUT2D eigenvalue weighted by atomic mass is 16.4. The summed E-state index contributed by atoms with van der Waals surface area (Å²) in [5, 5.41) is 19.7. The van der Waals surface area contributed by atoms with Gasteiger partial charge in [0.15, 0.2) is 0 Å². The van der Waals surface area contributed by atoms with E-state index in [4.69, 9.17) is 10.2 Å². The van der Waals surface area contributed by atoms with Crippen molar-refractivity contribution in [3.05, 3.63) is 12.3 Å². The van der Waals surface area contributed by atoms with Crippen LogP contribution >= 0.6 is 0 Å². The molecule has 0 unspecified atom stereocenters. The van der Waals surface area contributed by atoms with E-state index in [1.54, 1.807) is 0 Å². The zero-order valence-corrected chi connectivity index (χ0v) is 7.41. The monoisotopic (exact) mass is 187 g/mol. The molecule has 1 amide bonds. The van der Waals surface area contributed by atoms with Gasteiger partial charge in [-0.2, -0.15) is 0 Å². The maximum atomic E-state index is 10.6. The molecule has 1 atom stereocenters. The first-order chi connectivity index (χ1) is 5.93. The number of hydrogen-bond donors (Lipinski definition) is 3. The Morgan fingerprint density at radius 1 is 1.46 bits per heavy atom. The van der Waals surface area contributed by atoms with Crippen LogP contribution in [0.3, 0.4) is 0 Å². The molecule has 0 spiro atoms. The minimum absolute atomic E-state index is 0.121. The molecular formula is C8H13NO4. The van der Waals surface area contributed by atoms with Crippen LogP contribution in [0.15, 0.2) is 12.3 Å². The van der Waals surface area contributed by atoms with Crippen LogP contribution in [0.2, 0.25) is 0 Å². The Bertz CT molecular complexity index is 224. The van der Waals surface area contributed by atoms with Crippen molar-refractivity contribution in [2.24, 2.45) is 0 Å². The van der Waals surface area contributed by atoms with Gasteiger partial charge in [-0.1, -0.05) is 6.58 Å². The highest BCUT2D eigenvalue weighted by Crippen LogP contribution is 2.04. The average molecular weight is 187 g/mol. The number of aliphatic hydroxyl groups is 1. The van der Waals surface area contributed by atoms with E-state index in [9.17, 15) is 9.59 Å². The van der Waals surface area contributed by atoms with E-state index in [0.717, 1.165) is 0 Å². The van der Waals surface area contributed by atoms with Crippen molar-refractivity contribution < 1.29 is 19.8 Å². The van der Waals surface area contributed by atoms with Gasteiger partial charge in [-0.25, -0.2) is 0 Å². The number of carboxylic acid groups (broad SMARTS) is 1. The van der Waals surface area contributed by atoms with Gasteiger partial charge in [-0.15, -0.1) is 0 Å². The molecule has 0 fully saturated rings. The summed E-state index contributed by atoms with van der Waals surface area (Å²) in [4.78, 5) is 20.8. The molecule has 0 bridgehead atoms. The highest BCUT2D eigenvalue weighted by molar-refractivity contribution is 5.73. The number of carbonyl (C=O) groups excluding carboxylic acids is 1. The summed E-state index contributed by atoms with van der Waals surface area (Å²) in [7, 11) is 0. The molecule has 0 aliphatic heterocycles. The van der Waals surface area contributed by atoms with Gasteiger partial charge < -0.3 is 15.5 Å². The molecule has 0 heterocycles. The first-order valence-electron chi connectivity index (χ1n) is 3.80. The Labute approximate surface area is 76.1 Å². The van der Waals surface area contributed by atoms with E-state index in [1.165, 1.54) is 6.92 Å². The average Bonchev–Trinajstić information content (AvgIpc) is 1.96. The summed E-state index contributed by atoms with van der Waals surface area (Å²) in [5.41, 5.74) is 0. The molecule has 0 saturated carbocycles. The molecule has 0 aliphatic rings. The number of aliphatic hydroxyl groups excluding tert-OH is 1. The predicted molar refractivity (Wildman–Crippen MR) is 46.2 cm³/mol. The van der Waals surface area contributed by atoms with Crippen molar-refractivity contribution in [2.75, 3.05) is 0 Å². The summed E-state index contributed by atoms with van der Waals surface area (Å²) in [6, 6.07) is -0.673. The Hall–Kier alpha value is -1.52. The van der Waals surface area contributed by atoms with Crippen molar-refractivity contribution in [2.45, 2.75) is 25.8 Å². The maximum absolute atomic E-state index is 10.6. The number of aliphatic carboxylic acids is 1. The lowest BCUT2D eigenvalue weighted by Gasteiger charge is -2.14. The predicted octanol–water partition coefficient (Wildman–Crippen LogP) is 0.428. The van der Waals surface area contributed by atoms with E-state index < -0.39 is 12.0 Å². The first kappa shape index (κ1) is 11.5. The van der Waals surface area contributed by atoms with E-state index in [1.807, 2.05) is 0 Å². The summed E-state index contributed by atoms with van der Waals surface area (Å²) in [5.74, 6) is -1.53. The molecule has 0 aromatic rings. The molecule has 0 rings (SSSR count). The lowest BCUT2D eigenvalue weighted by Crippen LogP contribution is -2.34. The number of rotatable bonds is 5. The van der Waals surface area contributed by atoms with Crippen molar-refractivity contribution in [1.82, 2.24) is 5.32 Å². The second kappa shape index (κ2) is 5.18. The summed E-state index contributed by atoms with van der Waals surface area (Å²) in [6.45, 7) is 4.52. The quantitative estimate of drug-likeness (QED) is 0.544. The van der Waals surface area contributed by atoms with Crippen LogP contribution < -0.4 is 5.32 Å². The van der Waals surface area contributed by atoms with Gasteiger partial charge in [0, 0.05) is 13.3 Å². The second-order valence-corrected chi connectivity index (χ2v) is 2.68. The molecule has 74 valence electrons. The first-order valence-corrected chi connectivity index (χ1v) is 3.80. The van der Waals surface area contributed by atoms with E-state index in [-0.39, 0.29) is 24.5 Å². The normalized spacial score (nSPS) is 11.8. The van der Waals surface area contributed by atoms with Gasteiger partial charge in [0.25, 0.3) is 0 Å². The van der Waals surface area contributed by atoms with Crippen molar-refractivity contribution in [1.29, 1.82) is 0 Å². The number of nitrogens with one attached hydrogen (secondary N) is 1. The molecule has 0 aromatic carbocycles. The van der Waals surface area contributed by atoms with Gasteiger partial charge in [-0.05, 0) is 6.42 Å². The molecule has 0 radical (unpaired) electrons. The molecule has 13 heavy (non-hydrogen) atoms. The van der Waals surface area contributed by atoms with Crippen molar-refractivity contribution in [3.63, 3.8) is 0 Å². The SMILES string of the molecule is C=C(O)[C@H](CCC(=O)O)NC(C)=O. The third-order valence-electron chi connectivity index (χ3n) is 1.43. The molecule has 0 aliphatic carbocycles. The smallest absolute Gasteiger partial charge is 0.303 e. The molecule has 5 heteroatoms. The lowest BCUT2D eigenvalue weighted by molar-refractivity contribution is -0.137. The topological polar surface area (TPSA) is 86.6 Å². The van der Waals surface area contributed by atoms with Crippen LogP contribution in [-0.4, -0.2) is 28.1 Å². The standard InChI is InChI=1S/C8H13NO4/c1-5(10)7(9-6(2)11)3-4-8(12)13/h7,10H,1,3-4H2,2H3,(H,9,11)(H,12,13)/t7-/m0/s1. The molecule has 3 N–H and O–H groups in total. The number of carboxylic acids is 1. The fourth-order valence-corrected chi connectivity index (χ4v) is 0.835. The molecular weight excluding hydrogens is 174 g/mol. The van der Waals surface area contributed by atoms with Crippen LogP contribution in [0.5, 0.6) is 0 Å². The minimum Gasteiger partial charge on any atom is -0.511 e. The molecule has 5 nitrogen and oxygen atoms in total. The van der Waals surface area contributed by atoms with Crippen LogP contribution in [-0.2, 0) is 9.59 Å². The van der Waals surface area contributed by atoms with Gasteiger partial charge in [0.1, 0.15) is 5.76 Å². The lowest BCUT2D eigenvalue weighted by atomic mass is 10.1. The fraction of sp³-hybridized carbons (Fsp3) is 0.500. The van der Waals surface area contributed by atoms with E-state index in [0.29, 0.717) is 0 Å². The molecule has 0 saturated heterocycles. The third-order valence-corrected chi connectivity index (χ3v) is 1.43. The van der Waals surface area contributed by atoms with E-state index >= 15 is 0 Å². The Kier molecular flexibility index (Phi) is 4.58. The van der Waals surface area contributed by atoms with Crippen LogP contribution in [0.25, 0.3) is 0 Å². The fourth-order valence-electron chi connectivity index (χ4n) is 0.835. The molecule has 0 aromatic heterocycles. The van der Waals surface area contributed by atoms with Crippen molar-refractivity contribution >= 4 is 11.9 Å². The summed E-state index contributed by atoms with van der Waals surface area (Å²) < 4.78 is 0. The van der Waals surface area contributed by atoms with Crippen molar-refractivity contribution in [3.8, 4) is 0 Å². The van der Waals surface area contributed by atoms with E-state index in [2.05, 4.69) is 11.9 Å². The summed E-state index contributed by atoms with van der Waals surface area (Å²) >= 11 is 0. The van der Waals surface area contributed by atoms with Gasteiger partial charge in [0.05, 0.1) is 6.04 Å². The summed E-state index contributed by atoms with van der Waals surface area (Å²) in [6.07, 6.45) is 0.0226. The van der Waals surface area contributed by atoms with Gasteiger partial charge >= 0.3 is 5.97 Å². The Morgan fingerprint density at radius 2 is 2.00 bits per heavy atom. The highest BCUT2D eigenvalue weighted by Gasteiger charge is 2.14. The number of hydrogen-bond acceptors (Lipinski definition) is 3. The number of amides is 1.